The monoisotopic (exact) mass is 449 g/mol. The van der Waals surface area contributed by atoms with Crippen LogP contribution >= 0.6 is 11.3 Å². The lowest BCUT2D eigenvalue weighted by Crippen LogP contribution is -2.16. The van der Waals surface area contributed by atoms with Crippen LogP contribution in [-0.2, 0) is 16.0 Å². The number of benzene rings is 1. The normalized spacial score (nSPS) is 10.8. The molecule has 0 radical (unpaired) electrons. The fourth-order valence-electron chi connectivity index (χ4n) is 3.40. The molecule has 4 aromatic rings. The van der Waals surface area contributed by atoms with Gasteiger partial charge in [-0.25, -0.2) is 9.78 Å². The Morgan fingerprint density at radius 1 is 1.19 bits per heavy atom. The molecular weight excluding hydrogens is 426 g/mol. The van der Waals surface area contributed by atoms with Crippen LogP contribution in [0.1, 0.15) is 28.5 Å². The lowest BCUT2D eigenvalue weighted by atomic mass is 10.0. The number of hydrogen-bond acceptors (Lipinski definition) is 6. The maximum atomic E-state index is 12.8. The zero-order chi connectivity index (χ0) is 22.7. The molecule has 3 heterocycles. The van der Waals surface area contributed by atoms with Gasteiger partial charge in [0.1, 0.15) is 22.0 Å². The summed E-state index contributed by atoms with van der Waals surface area (Å²) in [6.45, 7) is 3.99. The smallest absolute Gasteiger partial charge is 0.341 e. The van der Waals surface area contributed by atoms with Crippen LogP contribution in [0.3, 0.4) is 0 Å². The van der Waals surface area contributed by atoms with Crippen LogP contribution in [0.15, 0.2) is 54.2 Å². The van der Waals surface area contributed by atoms with Gasteiger partial charge in [-0.2, -0.15) is 0 Å². The average Bonchev–Trinajstić information content (AvgIpc) is 3.37. The summed E-state index contributed by atoms with van der Waals surface area (Å²) in [5.74, 6) is -0.00489. The lowest BCUT2D eigenvalue weighted by Gasteiger charge is -2.09. The number of carbonyl (C=O) groups excluding carboxylic acids is 2. The number of fused-ring (bicyclic) bond motifs is 1. The maximum absolute atomic E-state index is 12.8. The molecule has 0 aliphatic rings. The Morgan fingerprint density at radius 2 is 1.97 bits per heavy atom. The number of aromatic nitrogens is 2. The van der Waals surface area contributed by atoms with Gasteiger partial charge in [0.25, 0.3) is 0 Å². The zero-order valence-corrected chi connectivity index (χ0v) is 18.9. The van der Waals surface area contributed by atoms with Crippen molar-refractivity contribution >= 4 is 33.9 Å². The summed E-state index contributed by atoms with van der Waals surface area (Å²) in [6, 6.07) is 11.3. The molecule has 3 aromatic heterocycles. The highest BCUT2D eigenvalue weighted by molar-refractivity contribution is 7.15. The van der Waals surface area contributed by atoms with Gasteiger partial charge in [-0.1, -0.05) is 12.1 Å². The Bertz CT molecular complexity index is 1270. The number of amides is 1. The zero-order valence-electron chi connectivity index (χ0n) is 18.0. The number of esters is 1. The summed E-state index contributed by atoms with van der Waals surface area (Å²) >= 11 is 1.29. The lowest BCUT2D eigenvalue weighted by molar-refractivity contribution is -0.115. The molecule has 1 aromatic carbocycles. The molecule has 8 heteroatoms. The maximum Gasteiger partial charge on any atom is 0.341 e. The molecular formula is C24H23N3O4S. The first-order valence-corrected chi connectivity index (χ1v) is 11.0. The number of pyridine rings is 1. The van der Waals surface area contributed by atoms with E-state index in [4.69, 9.17) is 9.47 Å². The number of imidazole rings is 1. The van der Waals surface area contributed by atoms with E-state index in [2.05, 4.69) is 10.3 Å². The second-order valence-electron chi connectivity index (χ2n) is 7.23. The molecule has 0 saturated carbocycles. The number of hydrogen-bond donors (Lipinski definition) is 1. The molecule has 0 fully saturated rings. The van der Waals surface area contributed by atoms with Crippen molar-refractivity contribution in [1.82, 2.24) is 9.38 Å². The van der Waals surface area contributed by atoms with Crippen LogP contribution in [0, 0.1) is 6.92 Å². The van der Waals surface area contributed by atoms with Crippen LogP contribution in [0.25, 0.3) is 16.8 Å². The van der Waals surface area contributed by atoms with Gasteiger partial charge in [-0.15, -0.1) is 11.3 Å². The van der Waals surface area contributed by atoms with Crippen LogP contribution < -0.4 is 10.1 Å². The van der Waals surface area contributed by atoms with Crippen molar-refractivity contribution in [2.45, 2.75) is 20.3 Å². The number of methoxy groups -OCH3 is 1. The van der Waals surface area contributed by atoms with Crippen molar-refractivity contribution in [2.24, 2.45) is 0 Å². The van der Waals surface area contributed by atoms with E-state index in [1.807, 2.05) is 65.5 Å². The number of nitrogens with zero attached hydrogens (tertiary/aromatic N) is 2. The fraction of sp³-hybridized carbons (Fsp3) is 0.208. The number of aryl methyl sites for hydroxylation is 1. The molecule has 4 rings (SSSR count). The third kappa shape index (κ3) is 4.50. The minimum absolute atomic E-state index is 0.0960. The first-order valence-electron chi connectivity index (χ1n) is 10.2. The molecule has 0 atom stereocenters. The first kappa shape index (κ1) is 21.6. The summed E-state index contributed by atoms with van der Waals surface area (Å²) in [4.78, 5) is 30.0. The van der Waals surface area contributed by atoms with Crippen molar-refractivity contribution < 1.29 is 19.1 Å². The second kappa shape index (κ2) is 9.23. The summed E-state index contributed by atoms with van der Waals surface area (Å²) in [6.07, 6.45) is 3.84. The van der Waals surface area contributed by atoms with E-state index < -0.39 is 5.97 Å². The highest BCUT2D eigenvalue weighted by Crippen LogP contribution is 2.37. The van der Waals surface area contributed by atoms with Crippen LogP contribution in [0.4, 0.5) is 5.00 Å². The summed E-state index contributed by atoms with van der Waals surface area (Å²) in [5.41, 5.74) is 4.43. The molecule has 32 heavy (non-hydrogen) atoms. The number of carbonyl (C=O) groups is 2. The SMILES string of the molecule is CCOC(=O)c1c(-c2ccc(OC)cc2)csc1NC(=O)Cc1cn2ccc(C)cc2n1. The van der Waals surface area contributed by atoms with E-state index in [0.717, 1.165) is 22.5 Å². The van der Waals surface area contributed by atoms with Gasteiger partial charge >= 0.3 is 5.97 Å². The predicted molar refractivity (Wildman–Crippen MR) is 125 cm³/mol. The number of ether oxygens (including phenoxy) is 2. The topological polar surface area (TPSA) is 81.9 Å². The van der Waals surface area contributed by atoms with Crippen molar-refractivity contribution in [1.29, 1.82) is 0 Å². The first-order chi connectivity index (χ1) is 15.5. The molecule has 164 valence electrons. The van der Waals surface area contributed by atoms with Gasteiger partial charge < -0.3 is 19.2 Å². The molecule has 0 aliphatic heterocycles. The average molecular weight is 450 g/mol. The van der Waals surface area contributed by atoms with E-state index in [9.17, 15) is 9.59 Å². The van der Waals surface area contributed by atoms with E-state index in [1.54, 1.807) is 14.0 Å². The van der Waals surface area contributed by atoms with Gasteiger partial charge in [0.2, 0.25) is 5.91 Å². The quantitative estimate of drug-likeness (QED) is 0.412. The van der Waals surface area contributed by atoms with Gasteiger partial charge in [0.05, 0.1) is 25.8 Å². The second-order valence-corrected chi connectivity index (χ2v) is 8.11. The summed E-state index contributed by atoms with van der Waals surface area (Å²) in [5, 5.41) is 5.17. The molecule has 0 saturated heterocycles. The Balaban J connectivity index is 1.59. The third-order valence-electron chi connectivity index (χ3n) is 4.93. The Labute approximate surface area is 189 Å². The van der Waals surface area contributed by atoms with E-state index in [1.165, 1.54) is 11.3 Å². The van der Waals surface area contributed by atoms with Gasteiger partial charge in [-0.3, -0.25) is 4.79 Å². The minimum atomic E-state index is -0.474. The van der Waals surface area contributed by atoms with Crippen LogP contribution in [0.2, 0.25) is 0 Å². The number of anilines is 1. The van der Waals surface area contributed by atoms with Crippen LogP contribution in [-0.4, -0.2) is 35.0 Å². The predicted octanol–water partition coefficient (Wildman–Crippen LogP) is 4.74. The van der Waals surface area contributed by atoms with Gasteiger partial charge in [0.15, 0.2) is 0 Å². The van der Waals surface area contributed by atoms with Crippen molar-refractivity contribution in [3.05, 3.63) is 71.0 Å². The van der Waals surface area contributed by atoms with Gasteiger partial charge in [-0.05, 0) is 49.2 Å². The highest BCUT2D eigenvalue weighted by Gasteiger charge is 2.23. The fourth-order valence-corrected chi connectivity index (χ4v) is 4.37. The Morgan fingerprint density at radius 3 is 2.69 bits per heavy atom. The molecule has 7 nitrogen and oxygen atoms in total. The van der Waals surface area contributed by atoms with Crippen LogP contribution in [0.5, 0.6) is 5.75 Å². The summed E-state index contributed by atoms with van der Waals surface area (Å²) < 4.78 is 12.4. The highest BCUT2D eigenvalue weighted by atomic mass is 32.1. The standard InChI is InChI=1S/C24H23N3O4S/c1-4-31-24(29)22-19(16-5-7-18(30-3)8-6-16)14-32-23(22)26-21(28)12-17-13-27-10-9-15(2)11-20(27)25-17/h5-11,13-14H,4,12H2,1-3H3,(H,26,28). The molecule has 1 amide bonds. The molecule has 0 unspecified atom stereocenters. The van der Waals surface area contributed by atoms with E-state index in [0.29, 0.717) is 21.8 Å². The number of thiophene rings is 1. The van der Waals surface area contributed by atoms with E-state index in [-0.39, 0.29) is 18.9 Å². The molecule has 0 aliphatic carbocycles. The van der Waals surface area contributed by atoms with Crippen molar-refractivity contribution in [2.75, 3.05) is 19.0 Å². The molecule has 0 bridgehead atoms. The van der Waals surface area contributed by atoms with Crippen molar-refractivity contribution in [3.63, 3.8) is 0 Å². The largest absolute Gasteiger partial charge is 0.497 e. The number of nitrogens with one attached hydrogen (secondary N) is 1. The minimum Gasteiger partial charge on any atom is -0.497 e. The van der Waals surface area contributed by atoms with Crippen molar-refractivity contribution in [3.8, 4) is 16.9 Å². The molecule has 1 N–H and O–H groups in total. The Hall–Kier alpha value is -3.65. The van der Waals surface area contributed by atoms with E-state index >= 15 is 0 Å². The van der Waals surface area contributed by atoms with Gasteiger partial charge in [0, 0.05) is 23.3 Å². The Kier molecular flexibility index (Phi) is 6.23. The summed E-state index contributed by atoms with van der Waals surface area (Å²) in [7, 11) is 1.60. The molecule has 0 spiro atoms. The third-order valence-corrected chi connectivity index (χ3v) is 5.83. The number of rotatable bonds is 7.